The number of hydrogen-bond donors (Lipinski definition) is 0. The van der Waals surface area contributed by atoms with Crippen LogP contribution in [0.3, 0.4) is 0 Å². The Morgan fingerprint density at radius 3 is 2.47 bits per heavy atom. The molecule has 0 radical (unpaired) electrons. The molecule has 0 aliphatic carbocycles. The highest BCUT2D eigenvalue weighted by atomic mass is 79.9. The predicted octanol–water partition coefficient (Wildman–Crippen LogP) is 7.75. The van der Waals surface area contributed by atoms with Gasteiger partial charge in [-0.3, -0.25) is 14.5 Å². The maximum Gasteiger partial charge on any atom is 0.293 e. The van der Waals surface area contributed by atoms with E-state index in [-0.39, 0.29) is 17.8 Å². The van der Waals surface area contributed by atoms with E-state index in [0.717, 1.165) is 33.8 Å². The Hall–Kier alpha value is -2.74. The van der Waals surface area contributed by atoms with Gasteiger partial charge in [0.1, 0.15) is 6.61 Å². The van der Waals surface area contributed by atoms with E-state index in [9.17, 15) is 9.59 Å². The van der Waals surface area contributed by atoms with Crippen LogP contribution in [0.15, 0.2) is 76.1 Å². The Kier molecular flexibility index (Phi) is 9.13. The molecular formula is C28H25BrClNO4S. The summed E-state index contributed by atoms with van der Waals surface area (Å²) in [5.41, 5.74) is 2.77. The molecule has 0 bridgehead atoms. The second kappa shape index (κ2) is 12.5. The van der Waals surface area contributed by atoms with Crippen molar-refractivity contribution in [2.75, 3.05) is 13.2 Å². The summed E-state index contributed by atoms with van der Waals surface area (Å²) >= 11 is 10.8. The number of rotatable bonds is 10. The van der Waals surface area contributed by atoms with E-state index in [2.05, 4.69) is 15.9 Å². The van der Waals surface area contributed by atoms with Crippen LogP contribution in [0, 0.1) is 0 Å². The smallest absolute Gasteiger partial charge is 0.293 e. The van der Waals surface area contributed by atoms with Crippen LogP contribution < -0.4 is 9.47 Å². The molecule has 1 fully saturated rings. The fraction of sp³-hybridized carbons (Fsp3) is 0.214. The molecule has 1 saturated heterocycles. The fourth-order valence-corrected chi connectivity index (χ4v) is 5.22. The maximum absolute atomic E-state index is 13.0. The highest BCUT2D eigenvalue weighted by molar-refractivity contribution is 9.10. The van der Waals surface area contributed by atoms with Crippen LogP contribution in [0.25, 0.3) is 6.08 Å². The molecule has 1 heterocycles. The van der Waals surface area contributed by atoms with Gasteiger partial charge >= 0.3 is 0 Å². The molecule has 36 heavy (non-hydrogen) atoms. The van der Waals surface area contributed by atoms with Gasteiger partial charge in [0.25, 0.3) is 11.1 Å². The minimum Gasteiger partial charge on any atom is -0.490 e. The van der Waals surface area contributed by atoms with Gasteiger partial charge in [0.05, 0.1) is 11.5 Å². The van der Waals surface area contributed by atoms with Crippen molar-refractivity contribution >= 4 is 56.5 Å². The van der Waals surface area contributed by atoms with Gasteiger partial charge in [-0.25, -0.2) is 0 Å². The number of aryl methyl sites for hydroxylation is 1. The molecule has 0 spiro atoms. The minimum absolute atomic E-state index is 0.250. The van der Waals surface area contributed by atoms with Crippen LogP contribution in [-0.2, 0) is 17.8 Å². The molecule has 0 atom stereocenters. The lowest BCUT2D eigenvalue weighted by atomic mass is 10.1. The Labute approximate surface area is 228 Å². The molecule has 1 aliphatic rings. The number of hydrogen-bond acceptors (Lipinski definition) is 5. The van der Waals surface area contributed by atoms with Gasteiger partial charge in [-0.2, -0.15) is 0 Å². The monoisotopic (exact) mass is 585 g/mol. The summed E-state index contributed by atoms with van der Waals surface area (Å²) in [7, 11) is 0. The van der Waals surface area contributed by atoms with E-state index in [1.54, 1.807) is 18.2 Å². The van der Waals surface area contributed by atoms with Crippen molar-refractivity contribution in [3.05, 3.63) is 97.8 Å². The summed E-state index contributed by atoms with van der Waals surface area (Å²) in [6.45, 7) is 3.01. The van der Waals surface area contributed by atoms with Crippen molar-refractivity contribution in [2.24, 2.45) is 0 Å². The highest BCUT2D eigenvalue weighted by Gasteiger charge is 2.34. The van der Waals surface area contributed by atoms with E-state index in [0.29, 0.717) is 41.0 Å². The van der Waals surface area contributed by atoms with Crippen molar-refractivity contribution in [2.45, 2.75) is 26.4 Å². The first kappa shape index (κ1) is 26.3. The third-order valence-corrected chi connectivity index (χ3v) is 7.52. The van der Waals surface area contributed by atoms with Crippen molar-refractivity contribution in [3.8, 4) is 11.5 Å². The lowest BCUT2D eigenvalue weighted by Gasteiger charge is -2.15. The third kappa shape index (κ3) is 6.52. The van der Waals surface area contributed by atoms with Crippen LogP contribution in [0.1, 0.15) is 30.0 Å². The van der Waals surface area contributed by atoms with Crippen LogP contribution >= 0.6 is 39.3 Å². The number of imide groups is 1. The van der Waals surface area contributed by atoms with Crippen LogP contribution in [0.5, 0.6) is 11.5 Å². The van der Waals surface area contributed by atoms with Crippen molar-refractivity contribution in [1.29, 1.82) is 0 Å². The first-order valence-electron chi connectivity index (χ1n) is 11.6. The second-order valence-corrected chi connectivity index (χ2v) is 10.3. The second-order valence-electron chi connectivity index (χ2n) is 8.06. The van der Waals surface area contributed by atoms with E-state index in [4.69, 9.17) is 21.1 Å². The largest absolute Gasteiger partial charge is 0.490 e. The molecule has 3 aromatic rings. The molecule has 186 valence electrons. The Morgan fingerprint density at radius 2 is 1.72 bits per heavy atom. The molecular weight excluding hydrogens is 562 g/mol. The summed E-state index contributed by atoms with van der Waals surface area (Å²) in [5, 5.41) is 0.380. The predicted molar refractivity (Wildman–Crippen MR) is 149 cm³/mol. The molecule has 0 aromatic heterocycles. The zero-order chi connectivity index (χ0) is 25.5. The SMILES string of the molecule is CCOc1cc(/C=C2/SC(=O)N(CCCc3ccccc3)C2=O)c(Br)cc1OCc1ccccc1Cl. The van der Waals surface area contributed by atoms with E-state index in [1.807, 2.05) is 61.5 Å². The first-order valence-corrected chi connectivity index (χ1v) is 13.6. The number of carbonyl (C=O) groups excluding carboxylic acids is 2. The molecule has 3 aromatic carbocycles. The van der Waals surface area contributed by atoms with Crippen LogP contribution in [0.4, 0.5) is 4.79 Å². The highest BCUT2D eigenvalue weighted by Crippen LogP contribution is 2.38. The zero-order valence-corrected chi connectivity index (χ0v) is 22.9. The third-order valence-electron chi connectivity index (χ3n) is 5.55. The number of thioether (sulfide) groups is 1. The summed E-state index contributed by atoms with van der Waals surface area (Å²) in [6, 6.07) is 21.1. The van der Waals surface area contributed by atoms with Gasteiger partial charge in [-0.05, 0) is 66.9 Å². The minimum atomic E-state index is -0.276. The summed E-state index contributed by atoms with van der Waals surface area (Å²) < 4.78 is 12.5. The van der Waals surface area contributed by atoms with Gasteiger partial charge in [0.15, 0.2) is 11.5 Å². The average molecular weight is 587 g/mol. The Morgan fingerprint density at radius 1 is 1.00 bits per heavy atom. The van der Waals surface area contributed by atoms with Crippen molar-refractivity contribution < 1.29 is 19.1 Å². The molecule has 0 unspecified atom stereocenters. The Bertz CT molecular complexity index is 1280. The summed E-state index contributed by atoms with van der Waals surface area (Å²) in [4.78, 5) is 27.2. The maximum atomic E-state index is 13.0. The topological polar surface area (TPSA) is 55.8 Å². The number of ether oxygens (including phenoxy) is 2. The molecule has 0 saturated carbocycles. The van der Waals surface area contributed by atoms with Gasteiger partial charge in [0, 0.05) is 21.6 Å². The molecule has 4 rings (SSSR count). The standard InChI is InChI=1S/C28H25BrClNO4S/c1-2-34-24-15-21(22(29)17-25(24)35-18-20-12-6-7-13-23(20)30)16-26-27(32)31(28(33)36-26)14-8-11-19-9-4-3-5-10-19/h3-7,9-10,12-13,15-17H,2,8,11,14,18H2,1H3/b26-16+. The van der Waals surface area contributed by atoms with E-state index < -0.39 is 0 Å². The summed E-state index contributed by atoms with van der Waals surface area (Å²) in [5.74, 6) is 0.817. The van der Waals surface area contributed by atoms with Crippen LogP contribution in [0.2, 0.25) is 5.02 Å². The molecule has 0 N–H and O–H groups in total. The number of halogens is 2. The molecule has 2 amide bonds. The number of benzene rings is 3. The van der Waals surface area contributed by atoms with Crippen LogP contribution in [-0.4, -0.2) is 29.2 Å². The fourth-order valence-electron chi connectivity index (χ4n) is 3.73. The van der Waals surface area contributed by atoms with E-state index in [1.165, 1.54) is 10.5 Å². The zero-order valence-electron chi connectivity index (χ0n) is 19.7. The molecule has 1 aliphatic heterocycles. The van der Waals surface area contributed by atoms with Gasteiger partial charge in [0.2, 0.25) is 0 Å². The van der Waals surface area contributed by atoms with Gasteiger partial charge in [-0.15, -0.1) is 0 Å². The Balaban J connectivity index is 1.48. The average Bonchev–Trinajstić information content (AvgIpc) is 3.14. The van der Waals surface area contributed by atoms with Crippen molar-refractivity contribution in [1.82, 2.24) is 4.90 Å². The number of carbonyl (C=O) groups is 2. The lowest BCUT2D eigenvalue weighted by Crippen LogP contribution is -2.29. The molecule has 8 heteroatoms. The normalized spacial score (nSPS) is 14.5. The van der Waals surface area contributed by atoms with E-state index >= 15 is 0 Å². The van der Waals surface area contributed by atoms with Crippen molar-refractivity contribution in [3.63, 3.8) is 0 Å². The summed E-state index contributed by atoms with van der Waals surface area (Å²) in [6.07, 6.45) is 3.23. The van der Waals surface area contributed by atoms with Gasteiger partial charge in [-0.1, -0.05) is 76.1 Å². The van der Waals surface area contributed by atoms with Gasteiger partial charge < -0.3 is 9.47 Å². The molecule has 5 nitrogen and oxygen atoms in total. The lowest BCUT2D eigenvalue weighted by molar-refractivity contribution is -0.122. The number of nitrogens with zero attached hydrogens (tertiary/aromatic N) is 1. The quantitative estimate of drug-likeness (QED) is 0.227. The number of amides is 2. The first-order chi connectivity index (χ1) is 17.5.